The molecule has 4 heteroatoms. The van der Waals surface area contributed by atoms with Crippen LogP contribution >= 0.6 is 0 Å². The molecule has 1 heterocycles. The highest BCUT2D eigenvalue weighted by Gasteiger charge is 2.13. The Morgan fingerprint density at radius 2 is 1.94 bits per heavy atom. The molecule has 0 amide bonds. The number of aromatic nitrogens is 2. The number of hydrogen-bond acceptors (Lipinski definition) is 4. The predicted molar refractivity (Wildman–Crippen MR) is 70.6 cm³/mol. The summed E-state index contributed by atoms with van der Waals surface area (Å²) in [6.45, 7) is 4.80. The molecule has 1 aromatic carbocycles. The summed E-state index contributed by atoms with van der Waals surface area (Å²) >= 11 is 0. The van der Waals surface area contributed by atoms with Crippen LogP contribution in [-0.2, 0) is 0 Å². The molecule has 0 saturated heterocycles. The molecule has 0 radical (unpaired) electrons. The first-order valence-corrected chi connectivity index (χ1v) is 5.82. The molecule has 2 aromatic rings. The number of aryl methyl sites for hydroxylation is 1. The molecular formula is C14H14N4. The molecule has 0 saturated carbocycles. The van der Waals surface area contributed by atoms with Crippen molar-refractivity contribution in [2.75, 3.05) is 11.4 Å². The van der Waals surface area contributed by atoms with E-state index >= 15 is 0 Å². The highest BCUT2D eigenvalue weighted by Crippen LogP contribution is 2.25. The molecule has 0 bridgehead atoms. The van der Waals surface area contributed by atoms with Crippen LogP contribution in [0.2, 0.25) is 0 Å². The molecule has 0 spiro atoms. The summed E-state index contributed by atoms with van der Waals surface area (Å²) in [5.41, 5.74) is 2.75. The van der Waals surface area contributed by atoms with Gasteiger partial charge in [-0.2, -0.15) is 10.4 Å². The van der Waals surface area contributed by atoms with E-state index in [1.54, 1.807) is 6.07 Å². The second-order valence-corrected chi connectivity index (χ2v) is 3.96. The van der Waals surface area contributed by atoms with Gasteiger partial charge in [0.15, 0.2) is 5.82 Å². The number of anilines is 2. The second kappa shape index (κ2) is 5.28. The lowest BCUT2D eigenvalue weighted by atomic mass is 10.2. The van der Waals surface area contributed by atoms with Gasteiger partial charge in [-0.05, 0) is 32.0 Å². The smallest absolute Gasteiger partial charge is 0.173 e. The number of rotatable bonds is 3. The summed E-state index contributed by atoms with van der Waals surface area (Å²) in [5.74, 6) is 0.603. The Hall–Kier alpha value is -2.41. The van der Waals surface area contributed by atoms with E-state index in [2.05, 4.69) is 16.3 Å². The lowest BCUT2D eigenvalue weighted by molar-refractivity contribution is 0.927. The Balaban J connectivity index is 2.46. The maximum Gasteiger partial charge on any atom is 0.173 e. The molecule has 1 aromatic heterocycles. The first-order valence-electron chi connectivity index (χ1n) is 5.82. The topological polar surface area (TPSA) is 52.8 Å². The molecule has 0 atom stereocenters. The average molecular weight is 238 g/mol. The minimum absolute atomic E-state index is 0.535. The zero-order chi connectivity index (χ0) is 13.0. The molecule has 0 N–H and O–H groups in total. The third kappa shape index (κ3) is 2.30. The fourth-order valence-electron chi connectivity index (χ4n) is 1.79. The third-order valence-electron chi connectivity index (χ3n) is 2.74. The molecule has 0 aliphatic rings. The second-order valence-electron chi connectivity index (χ2n) is 3.96. The van der Waals surface area contributed by atoms with Crippen LogP contribution in [0.3, 0.4) is 0 Å². The molecule has 90 valence electrons. The standard InChI is InChI=1S/C14H14N4/c1-3-18(13-6-4-11(2)5-7-13)14-12(10-15)8-9-16-17-14/h4-9H,3H2,1-2H3. The Morgan fingerprint density at radius 3 is 2.56 bits per heavy atom. The van der Waals surface area contributed by atoms with Crippen molar-refractivity contribution in [3.8, 4) is 6.07 Å². The lowest BCUT2D eigenvalue weighted by Gasteiger charge is -2.22. The average Bonchev–Trinajstić information content (AvgIpc) is 2.42. The van der Waals surface area contributed by atoms with Crippen LogP contribution in [0.15, 0.2) is 36.5 Å². The Kier molecular flexibility index (Phi) is 3.54. The van der Waals surface area contributed by atoms with Crippen LogP contribution < -0.4 is 4.90 Å². The lowest BCUT2D eigenvalue weighted by Crippen LogP contribution is -2.19. The minimum Gasteiger partial charge on any atom is -0.324 e. The van der Waals surface area contributed by atoms with Crippen LogP contribution in [0.5, 0.6) is 0 Å². The molecule has 0 fully saturated rings. The van der Waals surface area contributed by atoms with E-state index in [9.17, 15) is 0 Å². The highest BCUT2D eigenvalue weighted by atomic mass is 15.3. The Bertz CT molecular complexity index is 569. The van der Waals surface area contributed by atoms with Gasteiger partial charge >= 0.3 is 0 Å². The van der Waals surface area contributed by atoms with E-state index in [0.717, 1.165) is 12.2 Å². The molecule has 4 nitrogen and oxygen atoms in total. The fraction of sp³-hybridized carbons (Fsp3) is 0.214. The van der Waals surface area contributed by atoms with Crippen LogP contribution in [-0.4, -0.2) is 16.7 Å². The predicted octanol–water partition coefficient (Wildman–Crippen LogP) is 2.81. The molecular weight excluding hydrogens is 224 g/mol. The molecule has 0 aliphatic carbocycles. The normalized spacial score (nSPS) is 9.83. The quantitative estimate of drug-likeness (QED) is 0.825. The number of hydrogen-bond donors (Lipinski definition) is 0. The minimum atomic E-state index is 0.535. The molecule has 18 heavy (non-hydrogen) atoms. The van der Waals surface area contributed by atoms with Gasteiger partial charge in [0.05, 0.1) is 11.8 Å². The van der Waals surface area contributed by atoms with E-state index in [1.165, 1.54) is 11.8 Å². The van der Waals surface area contributed by atoms with Gasteiger partial charge in [0.2, 0.25) is 0 Å². The van der Waals surface area contributed by atoms with Gasteiger partial charge in [-0.25, -0.2) is 0 Å². The monoisotopic (exact) mass is 238 g/mol. The van der Waals surface area contributed by atoms with Crippen molar-refractivity contribution < 1.29 is 0 Å². The molecule has 2 rings (SSSR count). The number of nitrogens with zero attached hydrogens (tertiary/aromatic N) is 4. The van der Waals surface area contributed by atoms with Crippen LogP contribution in [0.25, 0.3) is 0 Å². The van der Waals surface area contributed by atoms with Gasteiger partial charge in [0.25, 0.3) is 0 Å². The van der Waals surface area contributed by atoms with Crippen molar-refractivity contribution in [2.24, 2.45) is 0 Å². The molecule has 0 aliphatic heterocycles. The summed E-state index contributed by atoms with van der Waals surface area (Å²) in [5, 5.41) is 17.0. The fourth-order valence-corrected chi connectivity index (χ4v) is 1.79. The first kappa shape index (κ1) is 12.1. The maximum atomic E-state index is 9.11. The van der Waals surface area contributed by atoms with E-state index in [4.69, 9.17) is 5.26 Å². The van der Waals surface area contributed by atoms with Crippen molar-refractivity contribution in [3.63, 3.8) is 0 Å². The number of benzene rings is 1. The van der Waals surface area contributed by atoms with Gasteiger partial charge in [-0.3, -0.25) is 0 Å². The summed E-state index contributed by atoms with van der Waals surface area (Å²) in [7, 11) is 0. The van der Waals surface area contributed by atoms with Crippen molar-refractivity contribution in [1.29, 1.82) is 5.26 Å². The van der Waals surface area contributed by atoms with Crippen LogP contribution in [0.4, 0.5) is 11.5 Å². The van der Waals surface area contributed by atoms with E-state index < -0.39 is 0 Å². The van der Waals surface area contributed by atoms with E-state index in [0.29, 0.717) is 11.4 Å². The summed E-state index contributed by atoms with van der Waals surface area (Å²) in [6.07, 6.45) is 1.53. The third-order valence-corrected chi connectivity index (χ3v) is 2.74. The van der Waals surface area contributed by atoms with Gasteiger partial charge in [0.1, 0.15) is 6.07 Å². The summed E-state index contributed by atoms with van der Waals surface area (Å²) in [6, 6.07) is 12.0. The number of nitriles is 1. The Labute approximate surface area is 107 Å². The van der Waals surface area contributed by atoms with Crippen molar-refractivity contribution in [1.82, 2.24) is 10.2 Å². The highest BCUT2D eigenvalue weighted by molar-refractivity contribution is 5.65. The Morgan fingerprint density at radius 1 is 1.22 bits per heavy atom. The van der Waals surface area contributed by atoms with Crippen molar-refractivity contribution in [3.05, 3.63) is 47.7 Å². The zero-order valence-corrected chi connectivity index (χ0v) is 10.5. The van der Waals surface area contributed by atoms with Gasteiger partial charge in [-0.15, -0.1) is 5.10 Å². The largest absolute Gasteiger partial charge is 0.324 e. The van der Waals surface area contributed by atoms with Crippen LogP contribution in [0, 0.1) is 18.3 Å². The van der Waals surface area contributed by atoms with E-state index in [-0.39, 0.29) is 0 Å². The van der Waals surface area contributed by atoms with Crippen molar-refractivity contribution >= 4 is 11.5 Å². The summed E-state index contributed by atoms with van der Waals surface area (Å²) in [4.78, 5) is 1.98. The maximum absolute atomic E-state index is 9.11. The van der Waals surface area contributed by atoms with Gasteiger partial charge in [-0.1, -0.05) is 17.7 Å². The first-order chi connectivity index (χ1) is 8.76. The zero-order valence-electron chi connectivity index (χ0n) is 10.5. The van der Waals surface area contributed by atoms with E-state index in [1.807, 2.05) is 43.0 Å². The molecule has 0 unspecified atom stereocenters. The van der Waals surface area contributed by atoms with Gasteiger partial charge < -0.3 is 4.90 Å². The SMILES string of the molecule is CCN(c1ccc(C)cc1)c1nnccc1C#N. The van der Waals surface area contributed by atoms with Crippen molar-refractivity contribution in [2.45, 2.75) is 13.8 Å². The summed E-state index contributed by atoms with van der Waals surface area (Å²) < 4.78 is 0. The van der Waals surface area contributed by atoms with Crippen LogP contribution in [0.1, 0.15) is 18.1 Å². The van der Waals surface area contributed by atoms with Gasteiger partial charge in [0, 0.05) is 12.2 Å².